The molecule has 1 N–H and O–H groups in total. The van der Waals surface area contributed by atoms with Crippen LogP contribution in [0, 0.1) is 23.7 Å². The molecule has 3 fully saturated rings. The average molecular weight is 684 g/mol. The summed E-state index contributed by atoms with van der Waals surface area (Å²) < 4.78 is 5.93. The first kappa shape index (κ1) is 30.6. The lowest BCUT2D eigenvalue weighted by atomic mass is 9.56. The number of rotatable bonds is 4. The fraction of sp³-hybridized carbons (Fsp3) is 0.270. The molecule has 9 nitrogen and oxygen atoms in total. The van der Waals surface area contributed by atoms with Gasteiger partial charge in [-0.1, -0.05) is 42.0 Å². The minimum Gasteiger partial charge on any atom is -0.508 e. The maximum absolute atomic E-state index is 14.3. The molecule has 3 aromatic rings. The lowest BCUT2D eigenvalue weighted by Gasteiger charge is -2.51. The maximum atomic E-state index is 14.3. The Morgan fingerprint density at radius 2 is 1.60 bits per heavy atom. The van der Waals surface area contributed by atoms with Crippen LogP contribution in [0.15, 0.2) is 96.3 Å². The topological polar surface area (TPSA) is 121 Å². The predicted molar refractivity (Wildman–Crippen MR) is 176 cm³/mol. The number of hydrogen-bond acceptors (Lipinski definition) is 7. The van der Waals surface area contributed by atoms with Crippen LogP contribution >= 0.6 is 23.2 Å². The summed E-state index contributed by atoms with van der Waals surface area (Å²) >= 11 is 14.5. The molecule has 6 atom stereocenters. The summed E-state index contributed by atoms with van der Waals surface area (Å²) in [7, 11) is 1.34. The largest absolute Gasteiger partial charge is 0.508 e. The molecule has 242 valence electrons. The van der Waals surface area contributed by atoms with Crippen molar-refractivity contribution in [2.45, 2.75) is 29.0 Å². The summed E-state index contributed by atoms with van der Waals surface area (Å²) in [4.78, 5) is 67.1. The SMILES string of the molecule is CN1C(=O)[C@]2(Cl)C[C@@H]3C(=CC[C@@H]4C(=O)N(c5ccc(C(=O)c6ccccc6)cc5)C(=O)[C@@H]43)[C@H](C3=COc4ccc(O)cc4C3)[C@]2(Cl)C1=O. The number of carbonyl (C=O) groups excluding carboxylic acids is 5. The molecule has 3 aromatic carbocycles. The molecular weight excluding hydrogens is 655 g/mol. The Morgan fingerprint density at radius 1 is 0.896 bits per heavy atom. The average Bonchev–Trinajstić information content (AvgIpc) is 3.42. The Labute approximate surface area is 285 Å². The first-order chi connectivity index (χ1) is 23.0. The van der Waals surface area contributed by atoms with Crippen molar-refractivity contribution >= 4 is 58.3 Å². The van der Waals surface area contributed by atoms with Crippen molar-refractivity contribution in [2.24, 2.45) is 23.7 Å². The second-order valence-electron chi connectivity index (χ2n) is 13.0. The van der Waals surface area contributed by atoms with Gasteiger partial charge in [-0.05, 0) is 66.8 Å². The summed E-state index contributed by atoms with van der Waals surface area (Å²) in [5, 5.41) is 10.2. The van der Waals surface area contributed by atoms with Crippen LogP contribution < -0.4 is 9.64 Å². The number of benzene rings is 3. The van der Waals surface area contributed by atoms with E-state index in [0.29, 0.717) is 39.3 Å². The van der Waals surface area contributed by atoms with Crippen LogP contribution in [0.25, 0.3) is 0 Å². The van der Waals surface area contributed by atoms with Gasteiger partial charge in [-0.25, -0.2) is 0 Å². The number of hydrogen-bond donors (Lipinski definition) is 1. The Hall–Kier alpha value is -4.73. The third-order valence-corrected chi connectivity index (χ3v) is 12.0. The smallest absolute Gasteiger partial charge is 0.253 e. The van der Waals surface area contributed by atoms with Gasteiger partial charge in [0, 0.05) is 36.1 Å². The number of anilines is 1. The molecule has 3 aliphatic heterocycles. The number of ether oxygens (including phenoxy) is 1. The van der Waals surface area contributed by atoms with Crippen molar-refractivity contribution in [3.63, 3.8) is 0 Å². The second-order valence-corrected chi connectivity index (χ2v) is 14.3. The zero-order valence-electron chi connectivity index (χ0n) is 25.6. The zero-order valence-corrected chi connectivity index (χ0v) is 27.1. The van der Waals surface area contributed by atoms with Gasteiger partial charge in [-0.2, -0.15) is 0 Å². The molecule has 11 heteroatoms. The first-order valence-corrected chi connectivity index (χ1v) is 16.4. The number of amides is 4. The van der Waals surface area contributed by atoms with Crippen molar-refractivity contribution in [1.82, 2.24) is 4.90 Å². The molecule has 0 aromatic heterocycles. The van der Waals surface area contributed by atoms with Crippen LogP contribution in [0.1, 0.15) is 34.3 Å². The molecule has 0 radical (unpaired) electrons. The van der Waals surface area contributed by atoms with E-state index in [2.05, 4.69) is 0 Å². The molecule has 0 bridgehead atoms. The van der Waals surface area contributed by atoms with Gasteiger partial charge in [0.25, 0.3) is 11.8 Å². The molecule has 0 unspecified atom stereocenters. The molecule has 48 heavy (non-hydrogen) atoms. The van der Waals surface area contributed by atoms with Crippen molar-refractivity contribution in [1.29, 1.82) is 0 Å². The van der Waals surface area contributed by atoms with Gasteiger partial charge in [0.2, 0.25) is 11.8 Å². The van der Waals surface area contributed by atoms with E-state index in [1.54, 1.807) is 60.7 Å². The minimum atomic E-state index is -1.93. The van der Waals surface area contributed by atoms with E-state index in [1.807, 2.05) is 12.1 Å². The third kappa shape index (κ3) is 4.07. The van der Waals surface area contributed by atoms with E-state index in [1.165, 1.54) is 19.4 Å². The van der Waals surface area contributed by atoms with E-state index >= 15 is 0 Å². The number of ketones is 1. The van der Waals surface area contributed by atoms with E-state index in [-0.39, 0.29) is 36.7 Å². The summed E-state index contributed by atoms with van der Waals surface area (Å²) in [6.45, 7) is 0. The summed E-state index contributed by atoms with van der Waals surface area (Å²) in [6, 6.07) is 19.8. The quantitative estimate of drug-likeness (QED) is 0.175. The summed E-state index contributed by atoms with van der Waals surface area (Å²) in [5.41, 5.74) is 3.13. The van der Waals surface area contributed by atoms with Gasteiger partial charge in [-0.15, -0.1) is 23.2 Å². The molecule has 4 amide bonds. The zero-order chi connectivity index (χ0) is 33.7. The number of alkyl halides is 2. The highest BCUT2D eigenvalue weighted by Gasteiger charge is 2.76. The van der Waals surface area contributed by atoms with Gasteiger partial charge >= 0.3 is 0 Å². The number of nitrogens with zero attached hydrogens (tertiary/aromatic N) is 2. The van der Waals surface area contributed by atoms with Gasteiger partial charge in [0.05, 0.1) is 23.8 Å². The lowest BCUT2D eigenvalue weighted by Crippen LogP contribution is -2.61. The van der Waals surface area contributed by atoms with E-state index < -0.39 is 51.1 Å². The van der Waals surface area contributed by atoms with Crippen LogP contribution in [0.3, 0.4) is 0 Å². The highest BCUT2D eigenvalue weighted by Crippen LogP contribution is 2.64. The number of fused-ring (bicyclic) bond motifs is 5. The van der Waals surface area contributed by atoms with Crippen LogP contribution in [0.2, 0.25) is 0 Å². The second kappa shape index (κ2) is 10.6. The van der Waals surface area contributed by atoms with Crippen LogP contribution in [0.4, 0.5) is 5.69 Å². The number of phenols is 1. The number of carbonyl (C=O) groups is 5. The van der Waals surface area contributed by atoms with Crippen LogP contribution in [0.5, 0.6) is 11.5 Å². The Bertz CT molecular complexity index is 2030. The molecule has 8 rings (SSSR count). The maximum Gasteiger partial charge on any atom is 0.253 e. The van der Waals surface area contributed by atoms with Gasteiger partial charge in [-0.3, -0.25) is 33.8 Å². The monoisotopic (exact) mass is 682 g/mol. The molecule has 2 aliphatic carbocycles. The van der Waals surface area contributed by atoms with Gasteiger partial charge in [0.1, 0.15) is 11.5 Å². The standard InChI is InChI=1S/C37H28Cl2N2O7/c1-40-34(46)36(38)17-27-25(30(37(36,39)35(40)47)22-15-21-16-24(42)11-14-28(21)48-18-22)12-13-26-29(27)33(45)41(32(26)44)23-9-7-20(8-10-23)31(43)19-5-3-2-4-6-19/h2-12,14,16,18,26-27,29-30,42H,13,15,17H2,1H3/t26-,27+,29-,30-,36+,37-/m0/s1. The van der Waals surface area contributed by atoms with E-state index in [4.69, 9.17) is 27.9 Å². The minimum absolute atomic E-state index is 0.0339. The first-order valence-electron chi connectivity index (χ1n) is 15.6. The summed E-state index contributed by atoms with van der Waals surface area (Å²) in [6.07, 6.45) is 3.70. The van der Waals surface area contributed by atoms with Gasteiger partial charge < -0.3 is 9.84 Å². The molecule has 0 spiro atoms. The molecule has 1 saturated carbocycles. The highest BCUT2D eigenvalue weighted by molar-refractivity contribution is 6.53. The number of aromatic hydroxyl groups is 1. The fourth-order valence-electron chi connectivity index (χ4n) is 8.33. The van der Waals surface area contributed by atoms with Gasteiger partial charge in [0.15, 0.2) is 15.5 Å². The lowest BCUT2D eigenvalue weighted by molar-refractivity contribution is -0.138. The Morgan fingerprint density at radius 3 is 2.33 bits per heavy atom. The predicted octanol–water partition coefficient (Wildman–Crippen LogP) is 5.17. The summed E-state index contributed by atoms with van der Waals surface area (Å²) in [5.74, 6) is -4.99. The van der Waals surface area contributed by atoms with Crippen molar-refractivity contribution < 1.29 is 33.8 Å². The Balaban J connectivity index is 1.17. The van der Waals surface area contributed by atoms with E-state index in [9.17, 15) is 29.1 Å². The van der Waals surface area contributed by atoms with Crippen molar-refractivity contribution in [2.75, 3.05) is 11.9 Å². The normalized spacial score (nSPS) is 30.6. The number of phenolic OH excluding ortho intramolecular Hbond substituents is 1. The van der Waals surface area contributed by atoms with Crippen LogP contribution in [-0.2, 0) is 25.6 Å². The molecule has 2 saturated heterocycles. The number of likely N-dealkylation sites (tertiary alicyclic amines) is 1. The van der Waals surface area contributed by atoms with Crippen LogP contribution in [-0.4, -0.2) is 56.2 Å². The number of imide groups is 2. The van der Waals surface area contributed by atoms with Crippen molar-refractivity contribution in [3.05, 3.63) is 113 Å². The molecular formula is C37H28Cl2N2O7. The number of allylic oxidation sites excluding steroid dienone is 3. The fourth-order valence-corrected chi connectivity index (χ4v) is 9.36. The highest BCUT2D eigenvalue weighted by atomic mass is 35.5. The molecule has 3 heterocycles. The number of halogens is 2. The van der Waals surface area contributed by atoms with E-state index in [0.717, 1.165) is 9.80 Å². The van der Waals surface area contributed by atoms with Crippen molar-refractivity contribution in [3.8, 4) is 11.5 Å². The molecule has 5 aliphatic rings. The third-order valence-electron chi connectivity index (χ3n) is 10.6. The Kier molecular flexibility index (Phi) is 6.78.